The maximum atomic E-state index is 12.9. The summed E-state index contributed by atoms with van der Waals surface area (Å²) in [5, 5.41) is 2.95. The third-order valence-corrected chi connectivity index (χ3v) is 4.37. The fraction of sp³-hybridized carbons (Fsp3) is 0.0952. The average Bonchev–Trinajstić information content (AvgIpc) is 3.12. The first-order valence-electron chi connectivity index (χ1n) is 8.77. The Bertz CT molecular complexity index is 1190. The number of aromatic nitrogens is 2. The van der Waals surface area contributed by atoms with Crippen molar-refractivity contribution in [3.8, 4) is 5.75 Å². The predicted molar refractivity (Wildman–Crippen MR) is 103 cm³/mol. The van der Waals surface area contributed by atoms with Gasteiger partial charge in [0.25, 0.3) is 5.91 Å². The third-order valence-electron chi connectivity index (χ3n) is 4.37. The lowest BCUT2D eigenvalue weighted by Crippen LogP contribution is -2.29. The van der Waals surface area contributed by atoms with Crippen LogP contribution in [0.25, 0.3) is 11.1 Å². The van der Waals surface area contributed by atoms with E-state index in [1.807, 2.05) is 6.07 Å². The number of benzene rings is 2. The predicted octanol–water partition coefficient (Wildman–Crippen LogP) is 3.34. The van der Waals surface area contributed by atoms with Gasteiger partial charge in [-0.2, -0.15) is 0 Å². The van der Waals surface area contributed by atoms with Crippen molar-refractivity contribution in [2.24, 2.45) is 0 Å². The highest BCUT2D eigenvalue weighted by atomic mass is 19.1. The number of oxazole rings is 1. The SMILES string of the molecule is O=C(N[C@@H](c1ccc(OCF)cc1)c1ccccn1)c1ccc2oc(=O)[nH]c2c1. The Morgan fingerprint density at radius 2 is 2.00 bits per heavy atom. The van der Waals surface area contributed by atoms with Gasteiger partial charge in [-0.1, -0.05) is 18.2 Å². The van der Waals surface area contributed by atoms with Crippen molar-refractivity contribution in [2.45, 2.75) is 6.04 Å². The number of H-pyrrole nitrogens is 1. The van der Waals surface area contributed by atoms with Crippen LogP contribution in [0.5, 0.6) is 5.75 Å². The Balaban J connectivity index is 1.65. The zero-order valence-corrected chi connectivity index (χ0v) is 15.1. The number of pyridine rings is 1. The van der Waals surface area contributed by atoms with E-state index in [4.69, 9.17) is 9.15 Å². The molecule has 2 aromatic carbocycles. The van der Waals surface area contributed by atoms with Crippen LogP contribution in [-0.4, -0.2) is 22.7 Å². The molecule has 2 N–H and O–H groups in total. The Kier molecular flexibility index (Phi) is 5.07. The van der Waals surface area contributed by atoms with E-state index < -0.39 is 18.7 Å². The van der Waals surface area contributed by atoms with Crippen molar-refractivity contribution in [3.63, 3.8) is 0 Å². The van der Waals surface area contributed by atoms with E-state index in [2.05, 4.69) is 15.3 Å². The maximum absolute atomic E-state index is 12.9. The topological polar surface area (TPSA) is 97.2 Å². The molecule has 146 valence electrons. The second kappa shape index (κ2) is 7.97. The zero-order valence-electron chi connectivity index (χ0n) is 15.1. The molecule has 0 radical (unpaired) electrons. The van der Waals surface area contributed by atoms with Crippen LogP contribution in [0.4, 0.5) is 4.39 Å². The van der Waals surface area contributed by atoms with E-state index in [0.717, 1.165) is 5.56 Å². The molecule has 0 bridgehead atoms. The number of rotatable bonds is 6. The van der Waals surface area contributed by atoms with Gasteiger partial charge in [-0.15, -0.1) is 0 Å². The molecule has 0 aliphatic rings. The van der Waals surface area contributed by atoms with Gasteiger partial charge in [-0.25, -0.2) is 9.18 Å². The van der Waals surface area contributed by atoms with Gasteiger partial charge >= 0.3 is 5.76 Å². The number of nitrogens with zero attached hydrogens (tertiary/aromatic N) is 1. The Morgan fingerprint density at radius 3 is 2.72 bits per heavy atom. The maximum Gasteiger partial charge on any atom is 0.417 e. The number of aromatic amines is 1. The number of carbonyl (C=O) groups excluding carboxylic acids is 1. The molecule has 0 fully saturated rings. The molecule has 0 aliphatic heterocycles. The number of halogens is 1. The second-order valence-electron chi connectivity index (χ2n) is 6.21. The quantitative estimate of drug-likeness (QED) is 0.524. The van der Waals surface area contributed by atoms with Crippen LogP contribution in [0, 0.1) is 0 Å². The van der Waals surface area contributed by atoms with Gasteiger partial charge in [-0.05, 0) is 48.0 Å². The van der Waals surface area contributed by atoms with Crippen LogP contribution in [0.2, 0.25) is 0 Å². The number of hydrogen-bond acceptors (Lipinski definition) is 5. The Labute approximate surface area is 164 Å². The highest BCUT2D eigenvalue weighted by molar-refractivity contribution is 5.97. The first-order valence-corrected chi connectivity index (χ1v) is 8.77. The molecule has 2 heterocycles. The summed E-state index contributed by atoms with van der Waals surface area (Å²) in [7, 11) is 0. The largest absolute Gasteiger partial charge is 0.463 e. The molecule has 4 aromatic rings. The molecule has 29 heavy (non-hydrogen) atoms. The summed E-state index contributed by atoms with van der Waals surface area (Å²) in [4.78, 5) is 31.1. The van der Waals surface area contributed by atoms with Gasteiger partial charge in [0.1, 0.15) is 5.75 Å². The van der Waals surface area contributed by atoms with Gasteiger partial charge < -0.3 is 14.5 Å². The lowest BCUT2D eigenvalue weighted by atomic mass is 10.0. The normalized spacial score (nSPS) is 11.9. The molecule has 1 atom stereocenters. The standard InChI is InChI=1S/C21H16FN3O4/c22-12-28-15-7-4-13(5-8-15)19(16-3-1-2-10-23-16)25-20(26)14-6-9-18-17(11-14)24-21(27)29-18/h1-11,19H,12H2,(H,24,27)(H,25,26)/t19-/m0/s1. The lowest BCUT2D eigenvalue weighted by molar-refractivity contribution is 0.0942. The van der Waals surface area contributed by atoms with Crippen LogP contribution in [0.1, 0.15) is 27.7 Å². The molecule has 0 aliphatic carbocycles. The summed E-state index contributed by atoms with van der Waals surface area (Å²) in [6.45, 7) is -0.918. The number of hydrogen-bond donors (Lipinski definition) is 2. The first kappa shape index (κ1) is 18.4. The van der Waals surface area contributed by atoms with Crippen LogP contribution in [0.3, 0.4) is 0 Å². The average molecular weight is 393 g/mol. The van der Waals surface area contributed by atoms with Gasteiger partial charge in [-0.3, -0.25) is 14.8 Å². The molecule has 7 nitrogen and oxygen atoms in total. The summed E-state index contributed by atoms with van der Waals surface area (Å²) in [5.41, 5.74) is 2.55. The fourth-order valence-electron chi connectivity index (χ4n) is 3.00. The van der Waals surface area contributed by atoms with Crippen molar-refractivity contribution in [2.75, 3.05) is 6.86 Å². The monoisotopic (exact) mass is 393 g/mol. The fourth-order valence-corrected chi connectivity index (χ4v) is 3.00. The highest BCUT2D eigenvalue weighted by Gasteiger charge is 2.19. The van der Waals surface area contributed by atoms with Gasteiger partial charge in [0, 0.05) is 11.8 Å². The molecule has 0 unspecified atom stereocenters. The Morgan fingerprint density at radius 1 is 1.17 bits per heavy atom. The number of alkyl halides is 1. The summed E-state index contributed by atoms with van der Waals surface area (Å²) in [6.07, 6.45) is 1.64. The van der Waals surface area contributed by atoms with Crippen molar-refractivity contribution in [1.29, 1.82) is 0 Å². The van der Waals surface area contributed by atoms with Gasteiger partial charge in [0.15, 0.2) is 5.58 Å². The van der Waals surface area contributed by atoms with Crippen LogP contribution >= 0.6 is 0 Å². The second-order valence-corrected chi connectivity index (χ2v) is 6.21. The summed E-state index contributed by atoms with van der Waals surface area (Å²) >= 11 is 0. The summed E-state index contributed by atoms with van der Waals surface area (Å²) in [5.74, 6) is -0.551. The molecule has 0 saturated heterocycles. The minimum atomic E-state index is -0.918. The number of fused-ring (bicyclic) bond motifs is 1. The lowest BCUT2D eigenvalue weighted by Gasteiger charge is -2.19. The molecule has 0 spiro atoms. The van der Waals surface area contributed by atoms with Crippen molar-refractivity contribution in [3.05, 3.63) is 94.2 Å². The van der Waals surface area contributed by atoms with E-state index in [1.54, 1.807) is 60.8 Å². The van der Waals surface area contributed by atoms with Crippen molar-refractivity contribution < 1.29 is 18.3 Å². The van der Waals surface area contributed by atoms with Crippen molar-refractivity contribution in [1.82, 2.24) is 15.3 Å². The van der Waals surface area contributed by atoms with Gasteiger partial charge in [0.05, 0.1) is 17.3 Å². The van der Waals surface area contributed by atoms with Crippen LogP contribution in [-0.2, 0) is 0 Å². The zero-order chi connectivity index (χ0) is 20.2. The molecular formula is C21H16FN3O4. The molecule has 8 heteroatoms. The van der Waals surface area contributed by atoms with E-state index >= 15 is 0 Å². The number of nitrogens with one attached hydrogen (secondary N) is 2. The van der Waals surface area contributed by atoms with Crippen molar-refractivity contribution >= 4 is 17.0 Å². The molecule has 4 rings (SSSR count). The molecule has 0 saturated carbocycles. The smallest absolute Gasteiger partial charge is 0.417 e. The summed E-state index contributed by atoms with van der Waals surface area (Å²) in [6, 6.07) is 16.3. The van der Waals surface area contributed by atoms with Crippen LogP contribution < -0.4 is 15.8 Å². The third kappa shape index (κ3) is 4.01. The minimum absolute atomic E-state index is 0.353. The Hall–Kier alpha value is -3.94. The number of amides is 1. The molecule has 1 amide bonds. The van der Waals surface area contributed by atoms with E-state index in [-0.39, 0.29) is 5.91 Å². The minimum Gasteiger partial charge on any atom is -0.463 e. The number of ether oxygens (including phenoxy) is 1. The highest BCUT2D eigenvalue weighted by Crippen LogP contribution is 2.24. The summed E-state index contributed by atoms with van der Waals surface area (Å²) < 4.78 is 22.2. The van der Waals surface area contributed by atoms with Gasteiger partial charge in [0.2, 0.25) is 6.86 Å². The molecule has 2 aromatic heterocycles. The van der Waals surface area contributed by atoms with E-state index in [1.165, 1.54) is 0 Å². The first-order chi connectivity index (χ1) is 14.1. The van der Waals surface area contributed by atoms with E-state index in [9.17, 15) is 14.0 Å². The molecular weight excluding hydrogens is 377 g/mol. The van der Waals surface area contributed by atoms with E-state index in [0.29, 0.717) is 28.1 Å². The number of carbonyl (C=O) groups is 1. The van der Waals surface area contributed by atoms with Crippen LogP contribution in [0.15, 0.2) is 76.1 Å².